The van der Waals surface area contributed by atoms with E-state index in [4.69, 9.17) is 10.8 Å². The zero-order chi connectivity index (χ0) is 15.4. The molecular formula is C14H14FN3O3. The maximum absolute atomic E-state index is 13.9. The van der Waals surface area contributed by atoms with Crippen LogP contribution >= 0.6 is 0 Å². The van der Waals surface area contributed by atoms with E-state index in [-0.39, 0.29) is 24.0 Å². The van der Waals surface area contributed by atoms with Crippen LogP contribution in [0.5, 0.6) is 0 Å². The molecule has 1 aromatic heterocycles. The number of hydrogen-bond acceptors (Lipinski definition) is 4. The topological polar surface area (TPSA) is 105 Å². The fourth-order valence-corrected chi connectivity index (χ4v) is 2.00. The average molecular weight is 291 g/mol. The highest BCUT2D eigenvalue weighted by Gasteiger charge is 2.20. The predicted octanol–water partition coefficient (Wildman–Crippen LogP) is 1.50. The summed E-state index contributed by atoms with van der Waals surface area (Å²) in [5, 5.41) is 12.6. The Morgan fingerprint density at radius 3 is 2.81 bits per heavy atom. The van der Waals surface area contributed by atoms with Crippen molar-refractivity contribution in [2.24, 2.45) is 5.73 Å². The molecule has 1 unspecified atom stereocenters. The Morgan fingerprint density at radius 1 is 1.38 bits per heavy atom. The molecule has 0 radical (unpaired) electrons. The number of rotatable bonds is 6. The van der Waals surface area contributed by atoms with Crippen LogP contribution in [0.3, 0.4) is 0 Å². The van der Waals surface area contributed by atoms with Gasteiger partial charge in [-0.05, 0) is 23.9 Å². The summed E-state index contributed by atoms with van der Waals surface area (Å²) in [4.78, 5) is 26.0. The zero-order valence-electron chi connectivity index (χ0n) is 11.0. The van der Waals surface area contributed by atoms with E-state index in [1.807, 2.05) is 0 Å². The number of hydrogen-bond donors (Lipinski definition) is 3. The molecule has 0 bridgehead atoms. The van der Waals surface area contributed by atoms with Crippen LogP contribution in [0.2, 0.25) is 0 Å². The molecule has 2 aromatic rings. The molecule has 0 fully saturated rings. The van der Waals surface area contributed by atoms with Crippen molar-refractivity contribution in [3.8, 4) is 0 Å². The minimum atomic E-state index is -1.16. The normalized spacial score (nSPS) is 12.0. The van der Waals surface area contributed by atoms with Crippen LogP contribution < -0.4 is 11.1 Å². The van der Waals surface area contributed by atoms with Crippen molar-refractivity contribution >= 4 is 28.5 Å². The van der Waals surface area contributed by atoms with Crippen molar-refractivity contribution in [2.45, 2.75) is 18.9 Å². The molecule has 2 rings (SSSR count). The van der Waals surface area contributed by atoms with Gasteiger partial charge < -0.3 is 16.2 Å². The van der Waals surface area contributed by atoms with E-state index >= 15 is 0 Å². The van der Waals surface area contributed by atoms with Gasteiger partial charge in [0.15, 0.2) is 0 Å². The minimum Gasteiger partial charge on any atom is -0.480 e. The third kappa shape index (κ3) is 3.44. The number of nitrogens with one attached hydrogen (secondary N) is 1. The number of aromatic nitrogens is 1. The van der Waals surface area contributed by atoms with Crippen LogP contribution in [0.1, 0.15) is 12.8 Å². The summed E-state index contributed by atoms with van der Waals surface area (Å²) in [6.45, 7) is 0. The number of fused-ring (bicyclic) bond motifs is 1. The Labute approximate surface area is 119 Å². The molecular weight excluding hydrogens is 277 g/mol. The molecule has 1 heterocycles. The van der Waals surface area contributed by atoms with E-state index in [9.17, 15) is 14.0 Å². The summed E-state index contributed by atoms with van der Waals surface area (Å²) in [6.07, 6.45) is 1.37. The predicted molar refractivity (Wildman–Crippen MR) is 75.2 cm³/mol. The molecule has 1 amide bonds. The van der Waals surface area contributed by atoms with E-state index in [1.165, 1.54) is 12.3 Å². The lowest BCUT2D eigenvalue weighted by atomic mass is 10.1. The quantitative estimate of drug-likeness (QED) is 0.748. The largest absolute Gasteiger partial charge is 0.480 e. The minimum absolute atomic E-state index is 0.00279. The molecule has 7 heteroatoms. The molecule has 0 spiro atoms. The van der Waals surface area contributed by atoms with Crippen LogP contribution in [-0.4, -0.2) is 28.0 Å². The van der Waals surface area contributed by atoms with Crippen molar-refractivity contribution in [1.82, 2.24) is 4.98 Å². The summed E-state index contributed by atoms with van der Waals surface area (Å²) in [5.74, 6) is -2.13. The summed E-state index contributed by atoms with van der Waals surface area (Å²) in [7, 11) is 0. The lowest BCUT2D eigenvalue weighted by molar-refractivity contribution is -0.138. The second kappa shape index (κ2) is 6.17. The standard InChI is InChI=1S/C14H14FN3O3/c15-9-3-1-2-8-6-7-17-13(12(8)9)18-10(14(20)21)4-5-11(16)19/h1-3,6-7,10H,4-5H2,(H2,16,19)(H,17,18)(H,20,21). The number of primary amides is 1. The van der Waals surface area contributed by atoms with Gasteiger partial charge in [-0.3, -0.25) is 4.79 Å². The van der Waals surface area contributed by atoms with Gasteiger partial charge in [-0.25, -0.2) is 14.2 Å². The second-order valence-electron chi connectivity index (χ2n) is 4.54. The van der Waals surface area contributed by atoms with Gasteiger partial charge in [0.2, 0.25) is 5.91 Å². The number of benzene rings is 1. The SMILES string of the molecule is NC(=O)CCC(Nc1nccc2cccc(F)c12)C(=O)O. The van der Waals surface area contributed by atoms with Crippen molar-refractivity contribution in [2.75, 3.05) is 5.32 Å². The number of amides is 1. The molecule has 0 saturated carbocycles. The van der Waals surface area contributed by atoms with Gasteiger partial charge >= 0.3 is 5.97 Å². The van der Waals surface area contributed by atoms with Gasteiger partial charge in [-0.2, -0.15) is 0 Å². The summed E-state index contributed by atoms with van der Waals surface area (Å²) < 4.78 is 13.9. The van der Waals surface area contributed by atoms with Crippen molar-refractivity contribution in [1.29, 1.82) is 0 Å². The van der Waals surface area contributed by atoms with Crippen LogP contribution in [0.15, 0.2) is 30.5 Å². The van der Waals surface area contributed by atoms with Gasteiger partial charge in [-0.1, -0.05) is 12.1 Å². The third-order valence-electron chi connectivity index (χ3n) is 3.03. The first-order valence-electron chi connectivity index (χ1n) is 6.30. The van der Waals surface area contributed by atoms with Crippen LogP contribution in [0.4, 0.5) is 10.2 Å². The Hall–Kier alpha value is -2.70. The number of carboxylic acids is 1. The van der Waals surface area contributed by atoms with Crippen molar-refractivity contribution in [3.63, 3.8) is 0 Å². The first-order valence-corrected chi connectivity index (χ1v) is 6.30. The van der Waals surface area contributed by atoms with E-state index in [1.54, 1.807) is 18.2 Å². The zero-order valence-corrected chi connectivity index (χ0v) is 11.0. The number of carbonyl (C=O) groups is 2. The lowest BCUT2D eigenvalue weighted by Crippen LogP contribution is -2.31. The average Bonchev–Trinajstić information content (AvgIpc) is 2.43. The van der Waals surface area contributed by atoms with Crippen molar-refractivity contribution < 1.29 is 19.1 Å². The Balaban J connectivity index is 2.32. The Bertz CT molecular complexity index is 685. The second-order valence-corrected chi connectivity index (χ2v) is 4.54. The molecule has 0 aliphatic rings. The number of halogens is 1. The molecule has 1 aromatic carbocycles. The molecule has 0 aliphatic heterocycles. The molecule has 0 aliphatic carbocycles. The maximum atomic E-state index is 13.9. The van der Waals surface area contributed by atoms with Crippen molar-refractivity contribution in [3.05, 3.63) is 36.3 Å². The fourth-order valence-electron chi connectivity index (χ4n) is 2.00. The number of anilines is 1. The highest BCUT2D eigenvalue weighted by atomic mass is 19.1. The fraction of sp³-hybridized carbons (Fsp3) is 0.214. The van der Waals surface area contributed by atoms with Crippen LogP contribution in [-0.2, 0) is 9.59 Å². The molecule has 21 heavy (non-hydrogen) atoms. The van der Waals surface area contributed by atoms with Gasteiger partial charge in [0.25, 0.3) is 0 Å². The van der Waals surface area contributed by atoms with Gasteiger partial charge in [0.05, 0.1) is 5.39 Å². The van der Waals surface area contributed by atoms with E-state index < -0.39 is 23.7 Å². The number of pyridine rings is 1. The maximum Gasteiger partial charge on any atom is 0.326 e. The van der Waals surface area contributed by atoms with Crippen LogP contribution in [0.25, 0.3) is 10.8 Å². The molecule has 110 valence electrons. The monoisotopic (exact) mass is 291 g/mol. The molecule has 1 atom stereocenters. The van der Waals surface area contributed by atoms with E-state index in [0.29, 0.717) is 5.39 Å². The summed E-state index contributed by atoms with van der Waals surface area (Å²) >= 11 is 0. The number of carbonyl (C=O) groups excluding carboxylic acids is 1. The van der Waals surface area contributed by atoms with E-state index in [2.05, 4.69) is 10.3 Å². The highest BCUT2D eigenvalue weighted by molar-refractivity contribution is 5.93. The lowest BCUT2D eigenvalue weighted by Gasteiger charge is -2.16. The highest BCUT2D eigenvalue weighted by Crippen LogP contribution is 2.24. The Kier molecular flexibility index (Phi) is 4.32. The number of aliphatic carboxylic acids is 1. The number of carboxylic acid groups (broad SMARTS) is 1. The number of nitrogens with zero attached hydrogens (tertiary/aromatic N) is 1. The van der Waals surface area contributed by atoms with Gasteiger partial charge in [-0.15, -0.1) is 0 Å². The van der Waals surface area contributed by atoms with Gasteiger partial charge in [0, 0.05) is 12.6 Å². The first-order chi connectivity index (χ1) is 9.99. The van der Waals surface area contributed by atoms with E-state index in [0.717, 1.165) is 0 Å². The molecule has 6 nitrogen and oxygen atoms in total. The smallest absolute Gasteiger partial charge is 0.326 e. The summed E-state index contributed by atoms with van der Waals surface area (Å²) in [5.41, 5.74) is 5.01. The Morgan fingerprint density at radius 2 is 2.14 bits per heavy atom. The first kappa shape index (κ1) is 14.7. The third-order valence-corrected chi connectivity index (χ3v) is 3.03. The van der Waals surface area contributed by atoms with Crippen LogP contribution in [0, 0.1) is 5.82 Å². The summed E-state index contributed by atoms with van der Waals surface area (Å²) in [6, 6.07) is 5.08. The molecule has 0 saturated heterocycles. The molecule has 4 N–H and O–H groups in total. The number of nitrogens with two attached hydrogens (primary N) is 1. The van der Waals surface area contributed by atoms with Gasteiger partial charge in [0.1, 0.15) is 17.7 Å².